The molecule has 0 atom stereocenters. The van der Waals surface area contributed by atoms with Crippen molar-refractivity contribution in [2.24, 2.45) is 0 Å². The molecular weight excluding hydrogens is 581 g/mol. The number of hydrogen-bond acceptors (Lipinski definition) is 8. The van der Waals surface area contributed by atoms with E-state index in [-0.39, 0.29) is 33.3 Å². The quantitative estimate of drug-likeness (QED) is 0.222. The van der Waals surface area contributed by atoms with Crippen molar-refractivity contribution in [3.63, 3.8) is 0 Å². The predicted octanol–water partition coefficient (Wildman–Crippen LogP) is 6.00. The fourth-order valence-corrected chi connectivity index (χ4v) is 7.13. The van der Waals surface area contributed by atoms with Crippen LogP contribution >= 0.6 is 0 Å². The van der Waals surface area contributed by atoms with Crippen LogP contribution in [0.25, 0.3) is 11.5 Å². The summed E-state index contributed by atoms with van der Waals surface area (Å²) in [6.07, 6.45) is 0. The molecule has 1 saturated heterocycles. The second-order valence-corrected chi connectivity index (χ2v) is 12.5. The molecule has 0 aliphatic carbocycles. The van der Waals surface area contributed by atoms with E-state index >= 15 is 0 Å². The van der Waals surface area contributed by atoms with E-state index < -0.39 is 15.7 Å². The summed E-state index contributed by atoms with van der Waals surface area (Å²) in [6, 6.07) is 31.2. The summed E-state index contributed by atoms with van der Waals surface area (Å²) in [7, 11) is -4.19. The van der Waals surface area contributed by atoms with Gasteiger partial charge in [-0.05, 0) is 35.4 Å². The van der Waals surface area contributed by atoms with Crippen LogP contribution in [0.15, 0.2) is 117 Å². The second-order valence-electron chi connectivity index (χ2n) is 10.7. The number of rotatable bonds is 7. The van der Waals surface area contributed by atoms with E-state index in [0.29, 0.717) is 50.9 Å². The molecule has 10 heteroatoms. The van der Waals surface area contributed by atoms with E-state index in [2.05, 4.69) is 34.1 Å². The number of hydrogen-bond donors (Lipinski definition) is 0. The average molecular weight is 612 g/mol. The summed E-state index contributed by atoms with van der Waals surface area (Å²) < 4.78 is 60.4. The van der Waals surface area contributed by atoms with Crippen LogP contribution < -0.4 is 14.4 Å². The lowest BCUT2D eigenvalue weighted by atomic mass is 9.96. The van der Waals surface area contributed by atoms with Gasteiger partial charge in [-0.15, -0.1) is 0 Å². The maximum Gasteiger partial charge on any atom is 0.236 e. The third-order valence-electron chi connectivity index (χ3n) is 7.96. The molecule has 1 aromatic heterocycles. The van der Waals surface area contributed by atoms with Gasteiger partial charge in [0.15, 0.2) is 11.5 Å². The monoisotopic (exact) mass is 611 g/mol. The van der Waals surface area contributed by atoms with Crippen LogP contribution in [0.5, 0.6) is 11.5 Å². The van der Waals surface area contributed by atoms with Gasteiger partial charge in [0.2, 0.25) is 26.6 Å². The Morgan fingerprint density at radius 2 is 1.34 bits per heavy atom. The largest absolute Gasteiger partial charge is 0.486 e. The highest BCUT2D eigenvalue weighted by molar-refractivity contribution is 7.91. The van der Waals surface area contributed by atoms with Gasteiger partial charge < -0.3 is 18.8 Å². The number of sulfone groups is 1. The third-order valence-corrected chi connectivity index (χ3v) is 9.61. The molecule has 0 unspecified atom stereocenters. The molecule has 44 heavy (non-hydrogen) atoms. The highest BCUT2D eigenvalue weighted by Gasteiger charge is 2.35. The minimum Gasteiger partial charge on any atom is -0.486 e. The first-order valence-electron chi connectivity index (χ1n) is 14.5. The lowest BCUT2D eigenvalue weighted by Gasteiger charge is -2.39. The Labute approximate surface area is 255 Å². The lowest BCUT2D eigenvalue weighted by Crippen LogP contribution is -2.48. The SMILES string of the molecule is O=S(=O)(c1ccc2c(c1)OCCO2)c1nc(-c2ccccc2F)oc1N1CCN(C(c2ccccc2)c2ccccc2)CC1. The number of piperazine rings is 1. The summed E-state index contributed by atoms with van der Waals surface area (Å²) in [5, 5.41) is -0.261. The van der Waals surface area contributed by atoms with Crippen LogP contribution in [0.4, 0.5) is 10.3 Å². The van der Waals surface area contributed by atoms with Crippen molar-refractivity contribution in [1.29, 1.82) is 0 Å². The van der Waals surface area contributed by atoms with Gasteiger partial charge in [0.25, 0.3) is 0 Å². The number of oxazole rings is 1. The molecule has 0 bridgehead atoms. The zero-order valence-electron chi connectivity index (χ0n) is 23.8. The molecule has 1 fully saturated rings. The maximum absolute atomic E-state index is 14.8. The van der Waals surface area contributed by atoms with E-state index in [4.69, 9.17) is 13.9 Å². The Bertz CT molecular complexity index is 1830. The molecule has 8 nitrogen and oxygen atoms in total. The molecule has 0 spiro atoms. The van der Waals surface area contributed by atoms with Gasteiger partial charge in [-0.2, -0.15) is 4.98 Å². The molecule has 5 aromatic rings. The number of aromatic nitrogens is 1. The summed E-state index contributed by atoms with van der Waals surface area (Å²) in [5.41, 5.74) is 2.44. The normalized spacial score (nSPS) is 15.5. The number of anilines is 1. The van der Waals surface area contributed by atoms with Crippen molar-refractivity contribution in [2.45, 2.75) is 16.0 Å². The van der Waals surface area contributed by atoms with Crippen molar-refractivity contribution in [3.05, 3.63) is 120 Å². The van der Waals surface area contributed by atoms with Crippen molar-refractivity contribution in [1.82, 2.24) is 9.88 Å². The van der Waals surface area contributed by atoms with Crippen LogP contribution in [-0.2, 0) is 9.84 Å². The number of ether oxygens (including phenoxy) is 2. The first-order chi connectivity index (χ1) is 21.5. The van der Waals surface area contributed by atoms with Gasteiger partial charge >= 0.3 is 0 Å². The smallest absolute Gasteiger partial charge is 0.236 e. The zero-order valence-corrected chi connectivity index (χ0v) is 24.6. The summed E-state index contributed by atoms with van der Waals surface area (Å²) in [4.78, 5) is 8.65. The predicted molar refractivity (Wildman–Crippen MR) is 163 cm³/mol. The molecule has 3 heterocycles. The maximum atomic E-state index is 14.8. The lowest BCUT2D eigenvalue weighted by molar-refractivity contribution is 0.171. The van der Waals surface area contributed by atoms with Crippen LogP contribution in [0.3, 0.4) is 0 Å². The Hall–Kier alpha value is -4.67. The van der Waals surface area contributed by atoms with E-state index in [9.17, 15) is 12.8 Å². The van der Waals surface area contributed by atoms with Crippen molar-refractivity contribution in [3.8, 4) is 23.0 Å². The standard InChI is InChI=1S/C34H30FN3O5S/c35-28-14-8-7-13-27(28)32-36-33(44(39,40)26-15-16-29-30(23-26)42-22-21-41-29)34(43-32)38-19-17-37(18-20-38)31(24-9-3-1-4-10-24)25-11-5-2-6-12-25/h1-16,23,31H,17-22H2. The number of benzene rings is 4. The van der Waals surface area contributed by atoms with E-state index in [1.165, 1.54) is 35.4 Å². The van der Waals surface area contributed by atoms with Gasteiger partial charge in [-0.3, -0.25) is 4.90 Å². The highest BCUT2D eigenvalue weighted by atomic mass is 32.2. The van der Waals surface area contributed by atoms with Gasteiger partial charge in [0.05, 0.1) is 16.5 Å². The molecule has 7 rings (SSSR count). The topological polar surface area (TPSA) is 85.1 Å². The number of fused-ring (bicyclic) bond motifs is 1. The molecule has 2 aliphatic heterocycles. The number of halogens is 1. The average Bonchev–Trinajstić information content (AvgIpc) is 3.53. The van der Waals surface area contributed by atoms with E-state index in [1.807, 2.05) is 41.3 Å². The van der Waals surface area contributed by atoms with Gasteiger partial charge in [-0.25, -0.2) is 12.8 Å². The Balaban J connectivity index is 1.24. The molecule has 2 aliphatic rings. The molecular formula is C34H30FN3O5S. The second kappa shape index (κ2) is 11.8. The Morgan fingerprint density at radius 1 is 0.727 bits per heavy atom. The number of nitrogens with zero attached hydrogens (tertiary/aromatic N) is 3. The molecule has 0 N–H and O–H groups in total. The van der Waals surface area contributed by atoms with E-state index in [1.54, 1.807) is 18.2 Å². The molecule has 4 aromatic carbocycles. The van der Waals surface area contributed by atoms with E-state index in [0.717, 1.165) is 0 Å². The molecule has 0 saturated carbocycles. The minimum absolute atomic E-state index is 0.0109. The molecule has 224 valence electrons. The summed E-state index contributed by atoms with van der Waals surface area (Å²) in [5.74, 6) is 0.266. The first-order valence-corrected chi connectivity index (χ1v) is 16.0. The van der Waals surface area contributed by atoms with Gasteiger partial charge in [0, 0.05) is 32.2 Å². The van der Waals surface area contributed by atoms with Crippen LogP contribution in [0.2, 0.25) is 0 Å². The zero-order chi connectivity index (χ0) is 30.1. The summed E-state index contributed by atoms with van der Waals surface area (Å²) >= 11 is 0. The summed E-state index contributed by atoms with van der Waals surface area (Å²) in [6.45, 7) is 2.93. The van der Waals surface area contributed by atoms with Crippen molar-refractivity contribution in [2.75, 3.05) is 44.3 Å². The van der Waals surface area contributed by atoms with Crippen LogP contribution in [0.1, 0.15) is 17.2 Å². The van der Waals surface area contributed by atoms with Crippen molar-refractivity contribution >= 4 is 15.7 Å². The molecule has 0 amide bonds. The first kappa shape index (κ1) is 28.1. The Morgan fingerprint density at radius 3 is 2.00 bits per heavy atom. The van der Waals surface area contributed by atoms with Crippen LogP contribution in [-0.4, -0.2) is 57.7 Å². The minimum atomic E-state index is -4.19. The Kier molecular flexibility index (Phi) is 7.53. The van der Waals surface area contributed by atoms with Gasteiger partial charge in [-0.1, -0.05) is 72.8 Å². The van der Waals surface area contributed by atoms with Crippen LogP contribution in [0, 0.1) is 5.82 Å². The fraction of sp³-hybridized carbons (Fsp3) is 0.206. The third kappa shape index (κ3) is 5.31. The highest BCUT2D eigenvalue weighted by Crippen LogP contribution is 2.39. The van der Waals surface area contributed by atoms with Gasteiger partial charge in [0.1, 0.15) is 19.0 Å². The van der Waals surface area contributed by atoms with Crippen molar-refractivity contribution < 1.29 is 26.7 Å². The molecule has 0 radical (unpaired) electrons. The fourth-order valence-electron chi connectivity index (χ4n) is 5.79.